The van der Waals surface area contributed by atoms with Crippen molar-refractivity contribution in [2.24, 2.45) is 0 Å². The monoisotopic (exact) mass is 398 g/mol. The van der Waals surface area contributed by atoms with Crippen LogP contribution in [0.4, 0.5) is 13.2 Å². The lowest BCUT2D eigenvalue weighted by atomic mass is 10.2. The fourth-order valence-electron chi connectivity index (χ4n) is 3.09. The van der Waals surface area contributed by atoms with Crippen LogP contribution in [0.3, 0.4) is 0 Å². The van der Waals surface area contributed by atoms with Crippen molar-refractivity contribution in [3.63, 3.8) is 0 Å². The fourth-order valence-corrected chi connectivity index (χ4v) is 3.09. The molecule has 152 valence electrons. The lowest BCUT2D eigenvalue weighted by Gasteiger charge is -2.22. The number of hydrogen-bond donors (Lipinski definition) is 1. The third kappa shape index (κ3) is 5.22. The minimum atomic E-state index is -4.43. The van der Waals surface area contributed by atoms with Crippen molar-refractivity contribution in [3.8, 4) is 17.1 Å². The van der Waals surface area contributed by atoms with Crippen LogP contribution >= 0.6 is 0 Å². The molecule has 10 heteroatoms. The average Bonchev–Trinajstić information content (AvgIpc) is 3.30. The summed E-state index contributed by atoms with van der Waals surface area (Å²) in [5, 5.41) is 5.88. The maximum Gasteiger partial charge on any atom is 0.405 e. The number of benzene rings is 1. The topological polar surface area (TPSA) is 80.5 Å². The first-order valence-corrected chi connectivity index (χ1v) is 9.00. The van der Waals surface area contributed by atoms with Gasteiger partial charge in [-0.25, -0.2) is 0 Å². The Morgan fingerprint density at radius 3 is 2.79 bits per heavy atom. The Bertz CT molecular complexity index is 792. The van der Waals surface area contributed by atoms with E-state index in [1.54, 1.807) is 17.0 Å². The van der Waals surface area contributed by atoms with Crippen molar-refractivity contribution >= 4 is 5.91 Å². The highest BCUT2D eigenvalue weighted by Gasteiger charge is 2.34. The molecule has 1 aromatic carbocycles. The van der Waals surface area contributed by atoms with Gasteiger partial charge in [0.2, 0.25) is 17.6 Å². The molecule has 1 N–H and O–H groups in total. The number of carbonyl (C=O) groups is 1. The molecule has 1 fully saturated rings. The normalized spacial score (nSPS) is 17.6. The molecule has 1 saturated heterocycles. The number of aromatic nitrogens is 2. The van der Waals surface area contributed by atoms with E-state index in [1.807, 2.05) is 24.4 Å². The van der Waals surface area contributed by atoms with E-state index < -0.39 is 24.7 Å². The van der Waals surface area contributed by atoms with Crippen LogP contribution in [-0.4, -0.2) is 52.9 Å². The van der Waals surface area contributed by atoms with E-state index >= 15 is 0 Å². The van der Waals surface area contributed by atoms with E-state index in [4.69, 9.17) is 9.26 Å². The lowest BCUT2D eigenvalue weighted by Crippen LogP contribution is -2.45. The number of hydrogen-bond acceptors (Lipinski definition) is 6. The number of rotatable bonds is 7. The van der Waals surface area contributed by atoms with Gasteiger partial charge in [0.1, 0.15) is 12.3 Å². The molecule has 0 unspecified atom stereocenters. The van der Waals surface area contributed by atoms with Gasteiger partial charge in [-0.1, -0.05) is 5.16 Å². The van der Waals surface area contributed by atoms with Gasteiger partial charge < -0.3 is 14.6 Å². The largest absolute Gasteiger partial charge is 0.494 e. The summed E-state index contributed by atoms with van der Waals surface area (Å²) >= 11 is 0. The van der Waals surface area contributed by atoms with Crippen LogP contribution in [0.5, 0.6) is 5.75 Å². The van der Waals surface area contributed by atoms with Crippen LogP contribution in [0.25, 0.3) is 11.4 Å². The van der Waals surface area contributed by atoms with E-state index in [2.05, 4.69) is 10.1 Å². The smallest absolute Gasteiger partial charge is 0.405 e. The van der Waals surface area contributed by atoms with Crippen LogP contribution < -0.4 is 10.1 Å². The number of ether oxygens (including phenoxy) is 1. The number of nitrogens with one attached hydrogen (secondary N) is 1. The molecule has 1 aromatic heterocycles. The second-order valence-corrected chi connectivity index (χ2v) is 6.43. The zero-order chi connectivity index (χ0) is 20.1. The van der Waals surface area contributed by atoms with E-state index in [0.717, 1.165) is 11.3 Å². The number of nitrogens with zero attached hydrogens (tertiary/aromatic N) is 3. The van der Waals surface area contributed by atoms with Crippen LogP contribution in [0.15, 0.2) is 28.8 Å². The second kappa shape index (κ2) is 8.59. The van der Waals surface area contributed by atoms with Crippen molar-refractivity contribution in [1.82, 2.24) is 20.4 Å². The molecule has 1 atom stereocenters. The maximum absolute atomic E-state index is 12.3. The summed E-state index contributed by atoms with van der Waals surface area (Å²) in [7, 11) is 0. The number of halogens is 3. The van der Waals surface area contributed by atoms with Gasteiger partial charge in [-0.2, -0.15) is 18.2 Å². The first-order valence-electron chi connectivity index (χ1n) is 9.00. The van der Waals surface area contributed by atoms with Crippen LogP contribution in [0, 0.1) is 0 Å². The summed E-state index contributed by atoms with van der Waals surface area (Å²) in [6.07, 6.45) is -3.23. The Kier molecular flexibility index (Phi) is 6.18. The second-order valence-electron chi connectivity index (χ2n) is 6.43. The highest BCUT2D eigenvalue weighted by atomic mass is 19.4. The molecule has 1 amide bonds. The van der Waals surface area contributed by atoms with Crippen LogP contribution in [-0.2, 0) is 11.3 Å². The molecule has 0 saturated carbocycles. The van der Waals surface area contributed by atoms with E-state index in [0.29, 0.717) is 37.7 Å². The molecule has 1 aliphatic heterocycles. The molecule has 0 bridgehead atoms. The van der Waals surface area contributed by atoms with Crippen molar-refractivity contribution in [1.29, 1.82) is 0 Å². The fraction of sp³-hybridized carbons (Fsp3) is 0.500. The summed E-state index contributed by atoms with van der Waals surface area (Å²) in [6.45, 7) is 1.91. The van der Waals surface area contributed by atoms with Crippen molar-refractivity contribution < 1.29 is 27.2 Å². The number of amides is 1. The molecule has 7 nitrogen and oxygen atoms in total. The highest BCUT2D eigenvalue weighted by molar-refractivity contribution is 5.82. The van der Waals surface area contributed by atoms with Crippen molar-refractivity contribution in [2.45, 2.75) is 38.5 Å². The predicted molar refractivity (Wildman–Crippen MR) is 93.4 cm³/mol. The number of alkyl halides is 3. The van der Waals surface area contributed by atoms with Crippen LogP contribution in [0.2, 0.25) is 0 Å². The quantitative estimate of drug-likeness (QED) is 0.773. The zero-order valence-corrected chi connectivity index (χ0v) is 15.3. The molecule has 0 aliphatic carbocycles. The van der Waals surface area contributed by atoms with Crippen LogP contribution in [0.1, 0.15) is 25.7 Å². The minimum Gasteiger partial charge on any atom is -0.494 e. The third-order valence-electron chi connectivity index (χ3n) is 4.36. The molecule has 0 spiro atoms. The van der Waals surface area contributed by atoms with Gasteiger partial charge in [-0.3, -0.25) is 9.69 Å². The molecule has 28 heavy (non-hydrogen) atoms. The first kappa shape index (κ1) is 20.1. The number of likely N-dealkylation sites (tertiary alicyclic amines) is 1. The average molecular weight is 398 g/mol. The van der Waals surface area contributed by atoms with Gasteiger partial charge in [0.25, 0.3) is 0 Å². The van der Waals surface area contributed by atoms with Gasteiger partial charge in [-0.05, 0) is 50.6 Å². The molecule has 3 rings (SSSR count). The minimum absolute atomic E-state index is 0.203. The summed E-state index contributed by atoms with van der Waals surface area (Å²) in [6, 6.07) is 6.58. The van der Waals surface area contributed by atoms with Gasteiger partial charge in [-0.15, -0.1) is 0 Å². The highest BCUT2D eigenvalue weighted by Crippen LogP contribution is 2.23. The predicted octanol–water partition coefficient (Wildman–Crippen LogP) is 2.78. The lowest BCUT2D eigenvalue weighted by molar-refractivity contribution is -0.141. The zero-order valence-electron chi connectivity index (χ0n) is 15.3. The Morgan fingerprint density at radius 1 is 1.36 bits per heavy atom. The summed E-state index contributed by atoms with van der Waals surface area (Å²) in [5.74, 6) is 0.801. The van der Waals surface area contributed by atoms with Crippen molar-refractivity contribution in [3.05, 3.63) is 30.2 Å². The Balaban J connectivity index is 1.61. The molecular weight excluding hydrogens is 377 g/mol. The first-order chi connectivity index (χ1) is 13.4. The molecule has 2 aromatic rings. The van der Waals surface area contributed by atoms with Gasteiger partial charge in [0, 0.05) is 5.56 Å². The number of carbonyl (C=O) groups excluding carboxylic acids is 1. The summed E-state index contributed by atoms with van der Waals surface area (Å²) < 4.78 is 47.6. The molecule has 0 radical (unpaired) electrons. The Hall–Kier alpha value is -2.62. The summed E-state index contributed by atoms with van der Waals surface area (Å²) in [5.41, 5.74) is 0.749. The van der Waals surface area contributed by atoms with E-state index in [-0.39, 0.29) is 6.54 Å². The molecule has 1 aliphatic rings. The van der Waals surface area contributed by atoms with Gasteiger partial charge in [0.05, 0.1) is 19.2 Å². The van der Waals surface area contributed by atoms with E-state index in [9.17, 15) is 18.0 Å². The molecule has 2 heterocycles. The van der Waals surface area contributed by atoms with E-state index in [1.165, 1.54) is 0 Å². The van der Waals surface area contributed by atoms with Crippen molar-refractivity contribution in [2.75, 3.05) is 19.7 Å². The maximum atomic E-state index is 12.3. The standard InChI is InChI=1S/C18H21F3N4O3/c1-2-27-13-7-5-12(6-8-13)16-23-15(28-24-16)10-25-9-3-4-14(25)17(26)22-11-18(19,20)21/h5-8,14H,2-4,9-11H2,1H3,(H,22,26)/t14-/m1/s1. The SMILES string of the molecule is CCOc1ccc(-c2noc(CN3CCC[C@@H]3C(=O)NCC(F)(F)F)n2)cc1. The summed E-state index contributed by atoms with van der Waals surface area (Å²) in [4.78, 5) is 18.2. The molecular formula is C18H21F3N4O3. The van der Waals surface area contributed by atoms with Gasteiger partial charge >= 0.3 is 6.18 Å². The Morgan fingerprint density at radius 2 is 2.11 bits per heavy atom. The Labute approximate surface area is 159 Å². The third-order valence-corrected chi connectivity index (χ3v) is 4.36. The van der Waals surface area contributed by atoms with Gasteiger partial charge in [0.15, 0.2) is 0 Å².